The molecule has 0 N–H and O–H groups in total. The van der Waals surface area contributed by atoms with Crippen LogP contribution in [0, 0.1) is 6.92 Å². The standard InChI is InChI=1S/C20H17Cl2NO2/c1-12-8-14-10-19(24-2)20(25-3)11-15(14)18(23-12)7-5-13-4-6-16(21)17(22)9-13/h4-11H,1-3H3/b7-5+. The third kappa shape index (κ3) is 3.73. The third-order valence-corrected chi connectivity index (χ3v) is 4.61. The monoisotopic (exact) mass is 373 g/mol. The Balaban J connectivity index is 2.11. The highest BCUT2D eigenvalue weighted by Gasteiger charge is 2.09. The average molecular weight is 374 g/mol. The fourth-order valence-corrected chi connectivity index (χ4v) is 2.97. The number of hydrogen-bond donors (Lipinski definition) is 0. The summed E-state index contributed by atoms with van der Waals surface area (Å²) in [6, 6.07) is 11.4. The minimum absolute atomic E-state index is 0.525. The van der Waals surface area contributed by atoms with Gasteiger partial charge in [-0.3, -0.25) is 4.98 Å². The summed E-state index contributed by atoms with van der Waals surface area (Å²) in [5.41, 5.74) is 2.72. The molecule has 1 aromatic heterocycles. The largest absolute Gasteiger partial charge is 0.493 e. The van der Waals surface area contributed by atoms with Crippen LogP contribution in [-0.4, -0.2) is 19.2 Å². The number of rotatable bonds is 4. The van der Waals surface area contributed by atoms with Crippen LogP contribution in [0.5, 0.6) is 11.5 Å². The van der Waals surface area contributed by atoms with E-state index in [-0.39, 0.29) is 0 Å². The molecular formula is C20H17Cl2NO2. The zero-order valence-electron chi connectivity index (χ0n) is 14.1. The molecular weight excluding hydrogens is 357 g/mol. The maximum atomic E-state index is 6.08. The fourth-order valence-electron chi connectivity index (χ4n) is 2.66. The fraction of sp³-hybridized carbons (Fsp3) is 0.150. The van der Waals surface area contributed by atoms with Crippen LogP contribution in [0.25, 0.3) is 22.9 Å². The van der Waals surface area contributed by atoms with E-state index >= 15 is 0 Å². The Labute approximate surface area is 156 Å². The van der Waals surface area contributed by atoms with Crippen LogP contribution in [0.2, 0.25) is 10.0 Å². The molecule has 5 heteroatoms. The van der Waals surface area contributed by atoms with Crippen LogP contribution in [0.1, 0.15) is 17.0 Å². The third-order valence-electron chi connectivity index (χ3n) is 3.87. The molecule has 1 heterocycles. The first kappa shape index (κ1) is 17.6. The minimum atomic E-state index is 0.525. The van der Waals surface area contributed by atoms with Gasteiger partial charge in [-0.25, -0.2) is 0 Å². The van der Waals surface area contributed by atoms with Gasteiger partial charge in [-0.1, -0.05) is 35.3 Å². The number of halogens is 2. The Bertz CT molecular complexity index is 968. The van der Waals surface area contributed by atoms with Crippen molar-refractivity contribution in [3.8, 4) is 11.5 Å². The van der Waals surface area contributed by atoms with E-state index in [9.17, 15) is 0 Å². The first-order valence-electron chi connectivity index (χ1n) is 7.68. The molecule has 0 bridgehead atoms. The van der Waals surface area contributed by atoms with Crippen molar-refractivity contribution in [2.45, 2.75) is 6.92 Å². The highest BCUT2D eigenvalue weighted by Crippen LogP contribution is 2.34. The van der Waals surface area contributed by atoms with E-state index in [1.165, 1.54) is 0 Å². The Kier molecular flexibility index (Phi) is 5.16. The lowest BCUT2D eigenvalue weighted by molar-refractivity contribution is 0.356. The van der Waals surface area contributed by atoms with Gasteiger partial charge < -0.3 is 9.47 Å². The lowest BCUT2D eigenvalue weighted by Crippen LogP contribution is -1.94. The Morgan fingerprint density at radius 1 is 0.880 bits per heavy atom. The van der Waals surface area contributed by atoms with E-state index in [0.717, 1.165) is 27.7 Å². The molecule has 0 unspecified atom stereocenters. The highest BCUT2D eigenvalue weighted by atomic mass is 35.5. The number of ether oxygens (including phenoxy) is 2. The number of benzene rings is 2. The molecule has 3 nitrogen and oxygen atoms in total. The van der Waals surface area contributed by atoms with Crippen molar-refractivity contribution < 1.29 is 9.47 Å². The number of fused-ring (bicyclic) bond motifs is 1. The van der Waals surface area contributed by atoms with Gasteiger partial charge in [0.15, 0.2) is 11.5 Å². The van der Waals surface area contributed by atoms with E-state index in [1.807, 2.05) is 49.4 Å². The second kappa shape index (κ2) is 7.34. The van der Waals surface area contributed by atoms with E-state index in [1.54, 1.807) is 20.3 Å². The van der Waals surface area contributed by atoms with Crippen molar-refractivity contribution in [3.63, 3.8) is 0 Å². The molecule has 0 saturated carbocycles. The summed E-state index contributed by atoms with van der Waals surface area (Å²) in [5.74, 6) is 1.37. The number of nitrogens with zero attached hydrogens (tertiary/aromatic N) is 1. The summed E-state index contributed by atoms with van der Waals surface area (Å²) in [6.45, 7) is 1.96. The molecule has 3 rings (SSSR count). The predicted molar refractivity (Wildman–Crippen MR) is 105 cm³/mol. The molecule has 0 aliphatic rings. The van der Waals surface area contributed by atoms with Crippen molar-refractivity contribution in [1.29, 1.82) is 0 Å². The molecule has 128 valence electrons. The van der Waals surface area contributed by atoms with Crippen LogP contribution in [0.4, 0.5) is 0 Å². The normalized spacial score (nSPS) is 11.2. The zero-order chi connectivity index (χ0) is 18.0. The summed E-state index contributed by atoms with van der Waals surface area (Å²) in [5, 5.41) is 3.09. The van der Waals surface area contributed by atoms with Gasteiger partial charge in [0, 0.05) is 11.1 Å². The first-order chi connectivity index (χ1) is 12.0. The first-order valence-corrected chi connectivity index (χ1v) is 8.44. The topological polar surface area (TPSA) is 31.4 Å². The Hall–Kier alpha value is -2.23. The van der Waals surface area contributed by atoms with Gasteiger partial charge in [0.1, 0.15) is 0 Å². The molecule has 0 fully saturated rings. The van der Waals surface area contributed by atoms with Crippen molar-refractivity contribution >= 4 is 46.1 Å². The summed E-state index contributed by atoms with van der Waals surface area (Å²) in [6.07, 6.45) is 3.92. The van der Waals surface area contributed by atoms with Crippen molar-refractivity contribution in [2.75, 3.05) is 14.2 Å². The number of hydrogen-bond acceptors (Lipinski definition) is 3. The summed E-state index contributed by atoms with van der Waals surface area (Å²) < 4.78 is 10.8. The van der Waals surface area contributed by atoms with Crippen LogP contribution < -0.4 is 9.47 Å². The SMILES string of the molecule is COc1cc2cc(C)nc(/C=C/c3ccc(Cl)c(Cl)c3)c2cc1OC. The van der Waals surface area contributed by atoms with Gasteiger partial charge in [-0.15, -0.1) is 0 Å². The van der Waals surface area contributed by atoms with Crippen LogP contribution in [0.3, 0.4) is 0 Å². The second-order valence-corrected chi connectivity index (χ2v) is 6.40. The van der Waals surface area contributed by atoms with Crippen LogP contribution >= 0.6 is 23.2 Å². The molecule has 25 heavy (non-hydrogen) atoms. The lowest BCUT2D eigenvalue weighted by Gasteiger charge is -2.11. The van der Waals surface area contributed by atoms with Crippen LogP contribution in [-0.2, 0) is 0 Å². The van der Waals surface area contributed by atoms with Gasteiger partial charge in [0.25, 0.3) is 0 Å². The molecule has 2 aromatic carbocycles. The molecule has 0 aliphatic heterocycles. The van der Waals surface area contributed by atoms with E-state index in [2.05, 4.69) is 4.98 Å². The van der Waals surface area contributed by atoms with E-state index < -0.39 is 0 Å². The molecule has 0 aliphatic carbocycles. The van der Waals surface area contributed by atoms with E-state index in [4.69, 9.17) is 32.7 Å². The number of aromatic nitrogens is 1. The maximum Gasteiger partial charge on any atom is 0.161 e. The number of aryl methyl sites for hydroxylation is 1. The minimum Gasteiger partial charge on any atom is -0.493 e. The molecule has 0 saturated heterocycles. The Morgan fingerprint density at radius 3 is 2.28 bits per heavy atom. The molecule has 0 spiro atoms. The van der Waals surface area contributed by atoms with Gasteiger partial charge >= 0.3 is 0 Å². The van der Waals surface area contributed by atoms with Crippen LogP contribution in [0.15, 0.2) is 36.4 Å². The van der Waals surface area contributed by atoms with Gasteiger partial charge in [0.2, 0.25) is 0 Å². The molecule has 0 radical (unpaired) electrons. The summed E-state index contributed by atoms with van der Waals surface area (Å²) in [7, 11) is 3.25. The van der Waals surface area contributed by atoms with Gasteiger partial charge in [0.05, 0.1) is 30.0 Å². The number of pyridine rings is 1. The van der Waals surface area contributed by atoms with E-state index in [0.29, 0.717) is 21.5 Å². The molecule has 3 aromatic rings. The maximum absolute atomic E-state index is 6.08. The van der Waals surface area contributed by atoms with Gasteiger partial charge in [-0.05, 0) is 54.3 Å². The summed E-state index contributed by atoms with van der Waals surface area (Å²) >= 11 is 12.0. The lowest BCUT2D eigenvalue weighted by atomic mass is 10.1. The average Bonchev–Trinajstić information content (AvgIpc) is 2.61. The second-order valence-electron chi connectivity index (χ2n) is 5.58. The predicted octanol–water partition coefficient (Wildman–Crippen LogP) is 6.04. The van der Waals surface area contributed by atoms with Crippen molar-refractivity contribution in [3.05, 3.63) is 63.4 Å². The molecule has 0 atom stereocenters. The zero-order valence-corrected chi connectivity index (χ0v) is 15.7. The quantitative estimate of drug-likeness (QED) is 0.558. The number of methoxy groups -OCH3 is 2. The smallest absolute Gasteiger partial charge is 0.161 e. The van der Waals surface area contributed by atoms with Crippen molar-refractivity contribution in [1.82, 2.24) is 4.98 Å². The molecule has 0 amide bonds. The van der Waals surface area contributed by atoms with Crippen molar-refractivity contribution in [2.24, 2.45) is 0 Å². The van der Waals surface area contributed by atoms with Gasteiger partial charge in [-0.2, -0.15) is 0 Å². The Morgan fingerprint density at radius 2 is 1.60 bits per heavy atom. The highest BCUT2D eigenvalue weighted by molar-refractivity contribution is 6.42. The summed E-state index contributed by atoms with van der Waals surface area (Å²) in [4.78, 5) is 4.65.